The van der Waals surface area contributed by atoms with Crippen molar-refractivity contribution in [2.75, 3.05) is 13.1 Å². The Balaban J connectivity index is 1.70. The Morgan fingerprint density at radius 2 is 2.05 bits per heavy atom. The molecular formula is C17H18N2S. The lowest BCUT2D eigenvalue weighted by molar-refractivity contribution is 0.357. The maximum atomic E-state index is 4.13. The van der Waals surface area contributed by atoms with E-state index in [1.165, 1.54) is 48.4 Å². The van der Waals surface area contributed by atoms with Crippen LogP contribution < -0.4 is 0 Å². The van der Waals surface area contributed by atoms with Crippen LogP contribution in [0.5, 0.6) is 0 Å². The molecule has 0 amide bonds. The van der Waals surface area contributed by atoms with Gasteiger partial charge >= 0.3 is 0 Å². The topological polar surface area (TPSA) is 16.1 Å². The van der Waals surface area contributed by atoms with Gasteiger partial charge in [0.1, 0.15) is 0 Å². The van der Waals surface area contributed by atoms with Gasteiger partial charge in [0, 0.05) is 42.0 Å². The van der Waals surface area contributed by atoms with Crippen molar-refractivity contribution in [3.63, 3.8) is 0 Å². The molecule has 1 unspecified atom stereocenters. The van der Waals surface area contributed by atoms with E-state index >= 15 is 0 Å². The summed E-state index contributed by atoms with van der Waals surface area (Å²) >= 11 is 1.90. The van der Waals surface area contributed by atoms with Crippen LogP contribution in [-0.2, 0) is 0 Å². The second-order valence-electron chi connectivity index (χ2n) is 5.58. The summed E-state index contributed by atoms with van der Waals surface area (Å²) in [7, 11) is 0. The van der Waals surface area contributed by atoms with Crippen LogP contribution in [0, 0.1) is 0 Å². The number of hydrogen-bond donors (Lipinski definition) is 0. The maximum Gasteiger partial charge on any atom is 0.0273 e. The van der Waals surface area contributed by atoms with E-state index in [1.807, 2.05) is 23.7 Å². The van der Waals surface area contributed by atoms with Crippen LogP contribution in [0.15, 0.2) is 47.7 Å². The molecule has 1 saturated heterocycles. The van der Waals surface area contributed by atoms with Crippen LogP contribution in [0.4, 0.5) is 0 Å². The van der Waals surface area contributed by atoms with Crippen molar-refractivity contribution in [1.29, 1.82) is 0 Å². The molecule has 2 aliphatic heterocycles. The molecule has 1 atom stereocenters. The second kappa shape index (κ2) is 5.06. The summed E-state index contributed by atoms with van der Waals surface area (Å²) < 4.78 is 0. The minimum Gasteiger partial charge on any atom is -0.375 e. The Labute approximate surface area is 123 Å². The fraction of sp³-hybridized carbons (Fsp3) is 0.353. The second-order valence-corrected chi connectivity index (χ2v) is 6.53. The number of hydrogen-bond acceptors (Lipinski definition) is 3. The smallest absolute Gasteiger partial charge is 0.0273 e. The van der Waals surface area contributed by atoms with E-state index in [4.69, 9.17) is 0 Å². The molecule has 2 aromatic rings. The van der Waals surface area contributed by atoms with Gasteiger partial charge in [0.2, 0.25) is 0 Å². The van der Waals surface area contributed by atoms with Gasteiger partial charge in [-0.2, -0.15) is 0 Å². The van der Waals surface area contributed by atoms with E-state index in [1.54, 1.807) is 5.70 Å². The minimum absolute atomic E-state index is 0.600. The zero-order chi connectivity index (χ0) is 13.4. The van der Waals surface area contributed by atoms with Crippen molar-refractivity contribution in [3.8, 4) is 11.1 Å². The number of rotatable bonds is 2. The molecule has 2 aromatic heterocycles. The standard InChI is InChI=1S/C17H18N2S/c1-2-15-12-14(5-10-19(15)9-1)17-16(6-11-20-17)13-3-7-18-8-4-13/h3-4,6-8,11-12,14H,1-2,5,9-10H2. The van der Waals surface area contributed by atoms with Crippen molar-refractivity contribution in [2.45, 2.75) is 25.2 Å². The van der Waals surface area contributed by atoms with Gasteiger partial charge in [-0.1, -0.05) is 6.08 Å². The number of aromatic nitrogens is 1. The van der Waals surface area contributed by atoms with Gasteiger partial charge in [-0.15, -0.1) is 11.3 Å². The van der Waals surface area contributed by atoms with E-state index in [0.717, 1.165) is 0 Å². The van der Waals surface area contributed by atoms with E-state index in [0.29, 0.717) is 5.92 Å². The van der Waals surface area contributed by atoms with Gasteiger partial charge in [0.25, 0.3) is 0 Å². The predicted molar refractivity (Wildman–Crippen MR) is 83.8 cm³/mol. The molecule has 3 heteroatoms. The molecule has 2 aliphatic rings. The average molecular weight is 282 g/mol. The van der Waals surface area contributed by atoms with Gasteiger partial charge in [0.05, 0.1) is 0 Å². The van der Waals surface area contributed by atoms with Crippen molar-refractivity contribution >= 4 is 11.3 Å². The summed E-state index contributed by atoms with van der Waals surface area (Å²) in [6.07, 6.45) is 10.1. The molecule has 0 spiro atoms. The zero-order valence-corrected chi connectivity index (χ0v) is 12.3. The quantitative estimate of drug-likeness (QED) is 0.817. The van der Waals surface area contributed by atoms with Crippen molar-refractivity contribution in [2.24, 2.45) is 0 Å². The van der Waals surface area contributed by atoms with Crippen molar-refractivity contribution in [3.05, 3.63) is 52.6 Å². The molecule has 4 rings (SSSR count). The molecule has 102 valence electrons. The normalized spacial score (nSPS) is 21.7. The Morgan fingerprint density at radius 1 is 1.15 bits per heavy atom. The minimum atomic E-state index is 0.600. The Hall–Kier alpha value is -1.61. The van der Waals surface area contributed by atoms with Crippen LogP contribution >= 0.6 is 11.3 Å². The highest BCUT2D eigenvalue weighted by Crippen LogP contribution is 2.40. The van der Waals surface area contributed by atoms with Crippen LogP contribution in [-0.4, -0.2) is 23.0 Å². The number of fused-ring (bicyclic) bond motifs is 1. The van der Waals surface area contributed by atoms with E-state index in [9.17, 15) is 0 Å². The summed E-state index contributed by atoms with van der Waals surface area (Å²) in [5, 5.41) is 2.23. The highest BCUT2D eigenvalue weighted by atomic mass is 32.1. The fourth-order valence-electron chi connectivity index (χ4n) is 3.39. The van der Waals surface area contributed by atoms with Gasteiger partial charge in [-0.05, 0) is 54.0 Å². The summed E-state index contributed by atoms with van der Waals surface area (Å²) in [6.45, 7) is 2.49. The summed E-state index contributed by atoms with van der Waals surface area (Å²) in [5.41, 5.74) is 4.27. The maximum absolute atomic E-state index is 4.13. The van der Waals surface area contributed by atoms with Crippen molar-refractivity contribution < 1.29 is 0 Å². The van der Waals surface area contributed by atoms with Crippen LogP contribution in [0.25, 0.3) is 11.1 Å². The first-order valence-electron chi connectivity index (χ1n) is 7.35. The van der Waals surface area contributed by atoms with E-state index in [2.05, 4.69) is 39.5 Å². The third-order valence-corrected chi connectivity index (χ3v) is 5.44. The summed E-state index contributed by atoms with van der Waals surface area (Å²) in [4.78, 5) is 8.21. The first kappa shape index (κ1) is 12.2. The van der Waals surface area contributed by atoms with E-state index < -0.39 is 0 Å². The zero-order valence-electron chi connectivity index (χ0n) is 11.5. The molecule has 2 nitrogen and oxygen atoms in total. The fourth-order valence-corrected chi connectivity index (χ4v) is 4.42. The summed E-state index contributed by atoms with van der Waals surface area (Å²) in [5.74, 6) is 0.600. The molecule has 0 N–H and O–H groups in total. The predicted octanol–water partition coefficient (Wildman–Crippen LogP) is 4.28. The number of thiophene rings is 1. The van der Waals surface area contributed by atoms with Crippen LogP contribution in [0.1, 0.15) is 30.1 Å². The van der Waals surface area contributed by atoms with Crippen LogP contribution in [0.3, 0.4) is 0 Å². The SMILES string of the molecule is C1=C2CCCN2CCC1c1sccc1-c1ccncc1. The number of allylic oxidation sites excluding steroid dienone is 2. The third kappa shape index (κ3) is 2.06. The molecule has 0 aromatic carbocycles. The van der Waals surface area contributed by atoms with Crippen molar-refractivity contribution in [1.82, 2.24) is 9.88 Å². The van der Waals surface area contributed by atoms with Gasteiger partial charge < -0.3 is 4.90 Å². The highest BCUT2D eigenvalue weighted by Gasteiger charge is 2.26. The Bertz CT molecular complexity index is 629. The van der Waals surface area contributed by atoms with Gasteiger partial charge in [0.15, 0.2) is 0 Å². The number of nitrogens with zero attached hydrogens (tertiary/aromatic N) is 2. The molecule has 0 aliphatic carbocycles. The monoisotopic (exact) mass is 282 g/mol. The number of pyridine rings is 1. The van der Waals surface area contributed by atoms with Gasteiger partial charge in [-0.3, -0.25) is 4.98 Å². The average Bonchev–Trinajstić information content (AvgIpc) is 3.16. The first-order valence-corrected chi connectivity index (χ1v) is 8.23. The summed E-state index contributed by atoms with van der Waals surface area (Å²) in [6, 6.07) is 6.49. The van der Waals surface area contributed by atoms with Crippen LogP contribution in [0.2, 0.25) is 0 Å². The largest absolute Gasteiger partial charge is 0.375 e. The lowest BCUT2D eigenvalue weighted by Gasteiger charge is -2.29. The third-order valence-electron chi connectivity index (χ3n) is 4.39. The van der Waals surface area contributed by atoms with Gasteiger partial charge in [-0.25, -0.2) is 0 Å². The van der Waals surface area contributed by atoms with E-state index in [-0.39, 0.29) is 0 Å². The lowest BCUT2D eigenvalue weighted by Crippen LogP contribution is -2.24. The highest BCUT2D eigenvalue weighted by molar-refractivity contribution is 7.10. The Kier molecular flexibility index (Phi) is 3.07. The molecule has 0 saturated carbocycles. The molecule has 1 fully saturated rings. The molecule has 20 heavy (non-hydrogen) atoms. The first-order chi connectivity index (χ1) is 9.92. The molecular weight excluding hydrogens is 264 g/mol. The molecule has 4 heterocycles. The lowest BCUT2D eigenvalue weighted by atomic mass is 9.93. The Morgan fingerprint density at radius 3 is 2.95 bits per heavy atom. The molecule has 0 bridgehead atoms. The molecule has 0 radical (unpaired) electrons.